The van der Waals surface area contributed by atoms with Gasteiger partial charge in [-0.2, -0.15) is 0 Å². The molecule has 0 aliphatic heterocycles. The third-order valence-electron chi connectivity index (χ3n) is 5.29. The summed E-state index contributed by atoms with van der Waals surface area (Å²) in [6, 6.07) is 40.0. The molecule has 1 radical (unpaired) electrons. The van der Waals surface area contributed by atoms with Gasteiger partial charge in [0, 0.05) is 16.6 Å². The molecule has 0 aliphatic carbocycles. The van der Waals surface area contributed by atoms with Gasteiger partial charge in [-0.25, -0.2) is 0 Å². The van der Waals surface area contributed by atoms with E-state index in [1.165, 1.54) is 32.7 Å². The first kappa shape index (κ1) is 24.7. The van der Waals surface area contributed by atoms with Crippen molar-refractivity contribution in [1.82, 2.24) is 0 Å². The molecule has 0 amide bonds. The normalized spacial score (nSPS) is 12.2. The highest BCUT2D eigenvalue weighted by Gasteiger charge is 2.03. The lowest BCUT2D eigenvalue weighted by Gasteiger charge is -2.09. The second kappa shape index (κ2) is 12.3. The van der Waals surface area contributed by atoms with E-state index in [9.17, 15) is 0 Å². The molecule has 5 rings (SSSR count). The molecular formula is C30H30BrN2. The zero-order valence-corrected chi connectivity index (χ0v) is 20.7. The minimum Gasteiger partial charge on any atom is -0.324 e. The molecule has 4 N–H and O–H groups in total. The van der Waals surface area contributed by atoms with E-state index < -0.39 is 0 Å². The standard InChI is InChI=1S/2C12H13N.C6H4Br/c1-9(13)11-8-4-6-10-5-2-3-7-12(10)11;1-9(13)11-7-6-10-4-2-3-5-12(10)8-11;7-6-4-2-1-3-5-6/h2*2-9H,13H2,1H3;2-5H. The van der Waals surface area contributed by atoms with Crippen LogP contribution in [0.2, 0.25) is 0 Å². The van der Waals surface area contributed by atoms with Crippen molar-refractivity contribution in [1.29, 1.82) is 0 Å². The van der Waals surface area contributed by atoms with Crippen LogP contribution in [-0.2, 0) is 0 Å². The Morgan fingerprint density at radius 1 is 0.636 bits per heavy atom. The topological polar surface area (TPSA) is 52.0 Å². The van der Waals surface area contributed by atoms with Gasteiger partial charge in [-0.3, -0.25) is 0 Å². The quantitative estimate of drug-likeness (QED) is 0.259. The van der Waals surface area contributed by atoms with Crippen molar-refractivity contribution in [3.63, 3.8) is 0 Å². The minimum absolute atomic E-state index is 0.103. The highest BCUT2D eigenvalue weighted by Crippen LogP contribution is 2.22. The van der Waals surface area contributed by atoms with Crippen molar-refractivity contribution in [2.24, 2.45) is 11.5 Å². The summed E-state index contributed by atoms with van der Waals surface area (Å²) < 4.78 is 1.10. The van der Waals surface area contributed by atoms with Crippen molar-refractivity contribution in [2.75, 3.05) is 0 Å². The molecule has 0 spiro atoms. The molecule has 0 aliphatic rings. The molecule has 33 heavy (non-hydrogen) atoms. The first-order valence-electron chi connectivity index (χ1n) is 11.0. The van der Waals surface area contributed by atoms with Crippen LogP contribution < -0.4 is 11.5 Å². The predicted octanol–water partition coefficient (Wildman–Crippen LogP) is 7.97. The molecule has 0 bridgehead atoms. The Bertz CT molecular complexity index is 1270. The Hall–Kier alpha value is -2.98. The summed E-state index contributed by atoms with van der Waals surface area (Å²) in [5.41, 5.74) is 14.1. The van der Waals surface area contributed by atoms with Crippen molar-refractivity contribution in [3.8, 4) is 0 Å². The zero-order chi connectivity index (χ0) is 23.6. The fraction of sp³-hybridized carbons (Fsp3) is 0.133. The Kier molecular flexibility index (Phi) is 9.20. The third kappa shape index (κ3) is 7.26. The maximum absolute atomic E-state index is 5.88. The molecule has 2 unspecified atom stereocenters. The van der Waals surface area contributed by atoms with Gasteiger partial charge in [0.1, 0.15) is 0 Å². The second-order valence-corrected chi connectivity index (χ2v) is 8.89. The summed E-state index contributed by atoms with van der Waals surface area (Å²) in [4.78, 5) is 0. The number of hydrogen-bond acceptors (Lipinski definition) is 2. The Morgan fingerprint density at radius 3 is 1.85 bits per heavy atom. The van der Waals surface area contributed by atoms with Crippen LogP contribution in [0.5, 0.6) is 0 Å². The van der Waals surface area contributed by atoms with E-state index in [1.54, 1.807) is 0 Å². The molecule has 5 aromatic rings. The van der Waals surface area contributed by atoms with Crippen LogP contribution in [0.25, 0.3) is 21.5 Å². The lowest BCUT2D eigenvalue weighted by atomic mass is 10.0. The zero-order valence-electron chi connectivity index (χ0n) is 19.1. The van der Waals surface area contributed by atoms with E-state index in [0.29, 0.717) is 0 Å². The van der Waals surface area contributed by atoms with Crippen LogP contribution >= 0.6 is 15.9 Å². The van der Waals surface area contributed by atoms with Crippen LogP contribution in [0.4, 0.5) is 0 Å². The van der Waals surface area contributed by atoms with Gasteiger partial charge in [-0.1, -0.05) is 107 Å². The number of benzene rings is 5. The number of rotatable bonds is 2. The Labute approximate surface area is 205 Å². The number of fused-ring (bicyclic) bond motifs is 2. The van der Waals surface area contributed by atoms with Crippen molar-refractivity contribution in [3.05, 3.63) is 131 Å². The molecule has 3 heteroatoms. The van der Waals surface area contributed by atoms with Crippen molar-refractivity contribution < 1.29 is 0 Å². The maximum atomic E-state index is 5.88. The summed E-state index contributed by atoms with van der Waals surface area (Å²) in [5.74, 6) is 0. The molecule has 2 nitrogen and oxygen atoms in total. The van der Waals surface area contributed by atoms with Crippen LogP contribution in [0, 0.1) is 6.07 Å². The highest BCUT2D eigenvalue weighted by atomic mass is 79.9. The van der Waals surface area contributed by atoms with Gasteiger partial charge in [0.25, 0.3) is 0 Å². The van der Waals surface area contributed by atoms with Crippen LogP contribution in [0.15, 0.2) is 114 Å². The van der Waals surface area contributed by atoms with E-state index in [2.05, 4.69) is 82.7 Å². The summed E-state index contributed by atoms with van der Waals surface area (Å²) in [6.07, 6.45) is 0. The third-order valence-corrected chi connectivity index (χ3v) is 5.82. The molecule has 167 valence electrons. The van der Waals surface area contributed by atoms with Crippen LogP contribution in [-0.4, -0.2) is 0 Å². The molecule has 2 atom stereocenters. The summed E-state index contributed by atoms with van der Waals surface area (Å²) in [6.45, 7) is 4.02. The van der Waals surface area contributed by atoms with Crippen molar-refractivity contribution in [2.45, 2.75) is 25.9 Å². The van der Waals surface area contributed by atoms with E-state index in [-0.39, 0.29) is 12.1 Å². The van der Waals surface area contributed by atoms with E-state index in [0.717, 1.165) is 4.47 Å². The molecule has 0 saturated carbocycles. The number of hydrogen-bond donors (Lipinski definition) is 2. The smallest absolute Gasteiger partial charge is 0.0272 e. The largest absolute Gasteiger partial charge is 0.324 e. The predicted molar refractivity (Wildman–Crippen MR) is 146 cm³/mol. The monoisotopic (exact) mass is 497 g/mol. The lowest BCUT2D eigenvalue weighted by Crippen LogP contribution is -2.05. The maximum Gasteiger partial charge on any atom is 0.0272 e. The molecule has 0 fully saturated rings. The van der Waals surface area contributed by atoms with Gasteiger partial charge in [0.2, 0.25) is 0 Å². The molecular weight excluding hydrogens is 468 g/mol. The number of halogens is 1. The Morgan fingerprint density at radius 2 is 1.24 bits per heavy atom. The van der Waals surface area contributed by atoms with Crippen LogP contribution in [0.3, 0.4) is 0 Å². The van der Waals surface area contributed by atoms with Crippen LogP contribution in [0.1, 0.15) is 37.1 Å². The lowest BCUT2D eigenvalue weighted by molar-refractivity contribution is 0.820. The van der Waals surface area contributed by atoms with E-state index >= 15 is 0 Å². The Balaban J connectivity index is 0.000000146. The van der Waals surface area contributed by atoms with Gasteiger partial charge >= 0.3 is 0 Å². The van der Waals surface area contributed by atoms with E-state index in [1.807, 2.05) is 62.4 Å². The molecule has 5 aromatic carbocycles. The summed E-state index contributed by atoms with van der Waals surface area (Å²) in [5, 5.41) is 5.06. The SMILES string of the molecule is Brc1cc[c]cc1.CC(N)c1ccc2ccccc2c1.CC(N)c1cccc2ccccc12. The minimum atomic E-state index is 0.103. The molecule has 0 heterocycles. The van der Waals surface area contributed by atoms with Gasteiger partial charge in [-0.05, 0) is 70.8 Å². The second-order valence-electron chi connectivity index (χ2n) is 7.97. The molecule has 0 saturated heterocycles. The molecule has 0 aromatic heterocycles. The van der Waals surface area contributed by atoms with Gasteiger partial charge in [0.15, 0.2) is 0 Å². The first-order valence-corrected chi connectivity index (χ1v) is 11.8. The fourth-order valence-corrected chi connectivity index (χ4v) is 3.77. The summed E-state index contributed by atoms with van der Waals surface area (Å²) in [7, 11) is 0. The first-order chi connectivity index (χ1) is 16.0. The number of nitrogens with two attached hydrogens (primary N) is 2. The summed E-state index contributed by atoms with van der Waals surface area (Å²) >= 11 is 3.29. The van der Waals surface area contributed by atoms with Gasteiger partial charge < -0.3 is 11.5 Å². The average molecular weight is 498 g/mol. The van der Waals surface area contributed by atoms with Gasteiger partial charge in [0.05, 0.1) is 0 Å². The van der Waals surface area contributed by atoms with Gasteiger partial charge in [-0.15, -0.1) is 0 Å². The van der Waals surface area contributed by atoms with E-state index in [4.69, 9.17) is 11.5 Å². The fourth-order valence-electron chi connectivity index (χ4n) is 3.51. The van der Waals surface area contributed by atoms with Crippen molar-refractivity contribution >= 4 is 37.5 Å². The highest BCUT2D eigenvalue weighted by molar-refractivity contribution is 9.10. The average Bonchev–Trinajstić information content (AvgIpc) is 2.84.